The van der Waals surface area contributed by atoms with Crippen LogP contribution in [0.25, 0.3) is 0 Å². The van der Waals surface area contributed by atoms with Crippen LogP contribution in [0, 0.1) is 5.92 Å². The van der Waals surface area contributed by atoms with Gasteiger partial charge in [-0.25, -0.2) is 0 Å². The number of nitrogens with one attached hydrogen (secondary N) is 1. The summed E-state index contributed by atoms with van der Waals surface area (Å²) in [5.74, 6) is 1.12. The molecule has 3 nitrogen and oxygen atoms in total. The van der Waals surface area contributed by atoms with Gasteiger partial charge >= 0.3 is 0 Å². The molecule has 1 amide bonds. The number of nitrogens with zero attached hydrogens (tertiary/aromatic N) is 1. The fourth-order valence-corrected chi connectivity index (χ4v) is 3.65. The maximum Gasteiger partial charge on any atom is 0.239 e. The minimum absolute atomic E-state index is 0.0887. The highest BCUT2D eigenvalue weighted by Gasteiger charge is 2.32. The first-order valence-corrected chi connectivity index (χ1v) is 8.30. The summed E-state index contributed by atoms with van der Waals surface area (Å²) in [7, 11) is 0. The second-order valence-electron chi connectivity index (χ2n) is 6.25. The molecule has 0 saturated carbocycles. The Morgan fingerprint density at radius 3 is 2.74 bits per heavy atom. The van der Waals surface area contributed by atoms with Crippen molar-refractivity contribution in [3.63, 3.8) is 0 Å². The Kier molecular flexibility index (Phi) is 5.68. The van der Waals surface area contributed by atoms with E-state index in [0.717, 1.165) is 31.8 Å². The summed E-state index contributed by atoms with van der Waals surface area (Å²) in [6, 6.07) is 0.574. The Bertz CT molecular complexity index is 292. The zero-order valence-electron chi connectivity index (χ0n) is 12.7. The molecular weight excluding hydrogens is 236 g/mol. The van der Waals surface area contributed by atoms with Crippen molar-refractivity contribution in [2.24, 2.45) is 5.92 Å². The van der Waals surface area contributed by atoms with Crippen molar-refractivity contribution in [1.82, 2.24) is 10.2 Å². The van der Waals surface area contributed by atoms with Gasteiger partial charge in [-0.3, -0.25) is 4.79 Å². The van der Waals surface area contributed by atoms with E-state index in [1.54, 1.807) is 0 Å². The molecule has 0 aliphatic carbocycles. The lowest BCUT2D eigenvalue weighted by Crippen LogP contribution is -2.53. The van der Waals surface area contributed by atoms with Crippen molar-refractivity contribution in [2.75, 3.05) is 13.1 Å². The molecule has 3 atom stereocenters. The minimum atomic E-state index is 0.0887. The van der Waals surface area contributed by atoms with Crippen LogP contribution in [0.4, 0.5) is 0 Å². The van der Waals surface area contributed by atoms with E-state index in [2.05, 4.69) is 24.1 Å². The van der Waals surface area contributed by atoms with E-state index in [1.165, 1.54) is 38.5 Å². The first kappa shape index (κ1) is 14.8. The summed E-state index contributed by atoms with van der Waals surface area (Å²) in [6.07, 6.45) is 9.56. The second-order valence-corrected chi connectivity index (χ2v) is 6.25. The molecule has 19 heavy (non-hydrogen) atoms. The molecule has 2 fully saturated rings. The zero-order valence-corrected chi connectivity index (χ0v) is 12.7. The molecule has 1 N–H and O–H groups in total. The lowest BCUT2D eigenvalue weighted by molar-refractivity contribution is -0.136. The maximum absolute atomic E-state index is 12.8. The molecule has 3 unspecified atom stereocenters. The molecule has 0 aromatic rings. The number of likely N-dealkylation sites (tertiary alicyclic amines) is 1. The topological polar surface area (TPSA) is 32.3 Å². The molecule has 3 heteroatoms. The summed E-state index contributed by atoms with van der Waals surface area (Å²) >= 11 is 0. The molecular formula is C16H30N2O. The van der Waals surface area contributed by atoms with Gasteiger partial charge in [-0.1, -0.05) is 33.1 Å². The molecule has 2 aliphatic rings. The van der Waals surface area contributed by atoms with E-state index in [1.807, 2.05) is 0 Å². The average molecular weight is 266 g/mol. The predicted octanol–water partition coefficient (Wildman–Crippen LogP) is 2.95. The van der Waals surface area contributed by atoms with E-state index in [9.17, 15) is 4.79 Å². The second kappa shape index (κ2) is 7.28. The van der Waals surface area contributed by atoms with Crippen molar-refractivity contribution in [3.8, 4) is 0 Å². The smallest absolute Gasteiger partial charge is 0.239 e. The molecule has 0 radical (unpaired) electrons. The lowest BCUT2D eigenvalue weighted by atomic mass is 9.89. The van der Waals surface area contributed by atoms with Crippen LogP contribution in [0.1, 0.15) is 65.2 Å². The van der Waals surface area contributed by atoms with Gasteiger partial charge in [-0.05, 0) is 44.6 Å². The molecule has 0 aromatic carbocycles. The van der Waals surface area contributed by atoms with Gasteiger partial charge in [0.05, 0.1) is 6.04 Å². The summed E-state index contributed by atoms with van der Waals surface area (Å²) in [4.78, 5) is 15.0. The van der Waals surface area contributed by atoms with Gasteiger partial charge < -0.3 is 10.2 Å². The molecule has 2 heterocycles. The predicted molar refractivity (Wildman–Crippen MR) is 79.1 cm³/mol. The summed E-state index contributed by atoms with van der Waals surface area (Å²) in [5.41, 5.74) is 0. The Labute approximate surface area is 118 Å². The lowest BCUT2D eigenvalue weighted by Gasteiger charge is -2.36. The quantitative estimate of drug-likeness (QED) is 0.852. The average Bonchev–Trinajstić information content (AvgIpc) is 2.71. The van der Waals surface area contributed by atoms with Gasteiger partial charge in [-0.2, -0.15) is 0 Å². The zero-order chi connectivity index (χ0) is 13.7. The number of carbonyl (C=O) groups excluding carboxylic acids is 1. The largest absolute Gasteiger partial charge is 0.338 e. The Morgan fingerprint density at radius 1 is 1.16 bits per heavy atom. The maximum atomic E-state index is 12.8. The van der Waals surface area contributed by atoms with Gasteiger partial charge in [0.25, 0.3) is 0 Å². The Hall–Kier alpha value is -0.570. The first-order chi connectivity index (χ1) is 9.26. The SMILES string of the molecule is CCC1CCNC(C(=O)N2CCCCCC2CC)C1. The van der Waals surface area contributed by atoms with Crippen molar-refractivity contribution < 1.29 is 4.79 Å². The molecule has 2 aliphatic heterocycles. The van der Waals surface area contributed by atoms with Crippen LogP contribution in [0.3, 0.4) is 0 Å². The monoisotopic (exact) mass is 266 g/mol. The van der Waals surface area contributed by atoms with Crippen LogP contribution < -0.4 is 5.32 Å². The molecule has 2 rings (SSSR count). The summed E-state index contributed by atoms with van der Waals surface area (Å²) in [5, 5.41) is 3.45. The van der Waals surface area contributed by atoms with E-state index in [0.29, 0.717) is 11.9 Å². The van der Waals surface area contributed by atoms with Crippen LogP contribution in [-0.2, 0) is 4.79 Å². The number of amides is 1. The molecule has 0 aromatic heterocycles. The fraction of sp³-hybridized carbons (Fsp3) is 0.938. The highest BCUT2D eigenvalue weighted by atomic mass is 16.2. The van der Waals surface area contributed by atoms with E-state index in [-0.39, 0.29) is 6.04 Å². The number of hydrogen-bond donors (Lipinski definition) is 1. The summed E-state index contributed by atoms with van der Waals surface area (Å²) < 4.78 is 0. The van der Waals surface area contributed by atoms with Crippen molar-refractivity contribution in [3.05, 3.63) is 0 Å². The summed E-state index contributed by atoms with van der Waals surface area (Å²) in [6.45, 7) is 6.46. The Balaban J connectivity index is 1.99. The van der Waals surface area contributed by atoms with Crippen LogP contribution in [0.15, 0.2) is 0 Å². The fourth-order valence-electron chi connectivity index (χ4n) is 3.65. The van der Waals surface area contributed by atoms with Crippen molar-refractivity contribution in [2.45, 2.75) is 77.3 Å². The highest BCUT2D eigenvalue weighted by Crippen LogP contribution is 2.24. The molecule has 110 valence electrons. The first-order valence-electron chi connectivity index (χ1n) is 8.30. The number of piperidine rings is 1. The molecule has 0 spiro atoms. The van der Waals surface area contributed by atoms with E-state index < -0.39 is 0 Å². The molecule has 0 bridgehead atoms. The van der Waals surface area contributed by atoms with Crippen molar-refractivity contribution in [1.29, 1.82) is 0 Å². The van der Waals surface area contributed by atoms with Crippen molar-refractivity contribution >= 4 is 5.91 Å². The van der Waals surface area contributed by atoms with Crippen LogP contribution >= 0.6 is 0 Å². The van der Waals surface area contributed by atoms with Crippen LogP contribution in [-0.4, -0.2) is 36.0 Å². The van der Waals surface area contributed by atoms with Gasteiger partial charge in [0.15, 0.2) is 0 Å². The molecule has 2 saturated heterocycles. The van der Waals surface area contributed by atoms with Crippen LogP contribution in [0.5, 0.6) is 0 Å². The minimum Gasteiger partial charge on any atom is -0.338 e. The van der Waals surface area contributed by atoms with Gasteiger partial charge in [-0.15, -0.1) is 0 Å². The number of rotatable bonds is 3. The third kappa shape index (κ3) is 3.71. The number of carbonyl (C=O) groups is 1. The van der Waals surface area contributed by atoms with Gasteiger partial charge in [0.2, 0.25) is 5.91 Å². The highest BCUT2D eigenvalue weighted by molar-refractivity contribution is 5.82. The van der Waals surface area contributed by atoms with Gasteiger partial charge in [0, 0.05) is 12.6 Å². The normalized spacial score (nSPS) is 32.9. The standard InChI is InChI=1S/C16H30N2O/c1-3-13-9-10-17-15(12-13)16(19)18-11-7-5-6-8-14(18)4-2/h13-15,17H,3-12H2,1-2H3. The van der Waals surface area contributed by atoms with E-state index in [4.69, 9.17) is 0 Å². The Morgan fingerprint density at radius 2 is 2.00 bits per heavy atom. The van der Waals surface area contributed by atoms with Gasteiger partial charge in [0.1, 0.15) is 0 Å². The van der Waals surface area contributed by atoms with E-state index >= 15 is 0 Å². The third-order valence-electron chi connectivity index (χ3n) is 5.02. The third-order valence-corrected chi connectivity index (χ3v) is 5.02. The van der Waals surface area contributed by atoms with Crippen LogP contribution in [0.2, 0.25) is 0 Å². The number of hydrogen-bond acceptors (Lipinski definition) is 2.